The maximum Gasteiger partial charge on any atom is 0.307 e. The van der Waals surface area contributed by atoms with E-state index in [0.717, 1.165) is 6.42 Å². The third-order valence-corrected chi connectivity index (χ3v) is 4.09. The van der Waals surface area contributed by atoms with Gasteiger partial charge in [0.05, 0.1) is 13.5 Å². The average molecular weight is 227 g/mol. The Bertz CT molecular complexity index is 240. The number of esters is 1. The summed E-state index contributed by atoms with van der Waals surface area (Å²) in [4.78, 5) is 11.6. The Balaban J connectivity index is 2.83. The first-order valence-corrected chi connectivity index (χ1v) is 6.31. The third kappa shape index (κ3) is 2.76. The van der Waals surface area contributed by atoms with Gasteiger partial charge >= 0.3 is 5.97 Å². The van der Waals surface area contributed by atoms with E-state index in [1.54, 1.807) is 0 Å². The quantitative estimate of drug-likeness (QED) is 0.749. The normalized spacial score (nSPS) is 30.4. The third-order valence-electron chi connectivity index (χ3n) is 4.09. The summed E-state index contributed by atoms with van der Waals surface area (Å²) in [6.45, 7) is 4.50. The number of carbonyl (C=O) groups excluding carboxylic acids is 1. The van der Waals surface area contributed by atoms with Crippen molar-refractivity contribution in [2.75, 3.05) is 14.2 Å². The molecule has 0 heterocycles. The lowest BCUT2D eigenvalue weighted by atomic mass is 9.66. The molecule has 0 radical (unpaired) electrons. The Morgan fingerprint density at radius 1 is 1.50 bits per heavy atom. The highest BCUT2D eigenvalue weighted by molar-refractivity contribution is 5.70. The van der Waals surface area contributed by atoms with E-state index in [1.807, 2.05) is 7.05 Å². The molecule has 94 valence electrons. The van der Waals surface area contributed by atoms with E-state index in [2.05, 4.69) is 19.2 Å². The number of ether oxygens (including phenoxy) is 1. The lowest BCUT2D eigenvalue weighted by Gasteiger charge is -2.45. The van der Waals surface area contributed by atoms with Crippen LogP contribution in [0.5, 0.6) is 0 Å². The lowest BCUT2D eigenvalue weighted by Crippen LogP contribution is -2.54. The first-order valence-electron chi connectivity index (χ1n) is 6.31. The van der Waals surface area contributed by atoms with E-state index in [0.29, 0.717) is 18.3 Å². The van der Waals surface area contributed by atoms with Gasteiger partial charge < -0.3 is 10.1 Å². The molecule has 0 aromatic carbocycles. The van der Waals surface area contributed by atoms with Gasteiger partial charge in [0.15, 0.2) is 0 Å². The Morgan fingerprint density at radius 2 is 2.19 bits per heavy atom. The van der Waals surface area contributed by atoms with Crippen LogP contribution >= 0.6 is 0 Å². The molecule has 16 heavy (non-hydrogen) atoms. The fraction of sp³-hybridized carbons (Fsp3) is 0.923. The molecule has 0 bridgehead atoms. The molecule has 1 aliphatic rings. The van der Waals surface area contributed by atoms with Crippen molar-refractivity contribution >= 4 is 5.97 Å². The molecule has 3 heteroatoms. The minimum Gasteiger partial charge on any atom is -0.469 e. The van der Waals surface area contributed by atoms with Gasteiger partial charge in [-0.2, -0.15) is 0 Å². The minimum atomic E-state index is -0.0955. The first kappa shape index (κ1) is 13.5. The Hall–Kier alpha value is -0.570. The molecule has 1 aliphatic carbocycles. The zero-order valence-corrected chi connectivity index (χ0v) is 11.0. The SMILES string of the molecule is CNC1(CC(=O)OC)CCCCC1C(C)C. The predicted molar refractivity (Wildman–Crippen MR) is 65.2 cm³/mol. The van der Waals surface area contributed by atoms with Crippen LogP contribution in [-0.4, -0.2) is 25.7 Å². The standard InChI is InChI=1S/C13H25NO2/c1-10(2)11-7-5-6-8-13(11,14-3)9-12(15)16-4/h10-11,14H,5-9H2,1-4H3. The molecule has 2 atom stereocenters. The zero-order chi connectivity index (χ0) is 12.2. The van der Waals surface area contributed by atoms with Crippen molar-refractivity contribution in [2.24, 2.45) is 11.8 Å². The van der Waals surface area contributed by atoms with Gasteiger partial charge in [-0.1, -0.05) is 26.7 Å². The molecule has 2 unspecified atom stereocenters. The van der Waals surface area contributed by atoms with Gasteiger partial charge in [0.2, 0.25) is 0 Å². The molecule has 1 saturated carbocycles. The van der Waals surface area contributed by atoms with Gasteiger partial charge in [0.1, 0.15) is 0 Å². The molecule has 3 nitrogen and oxygen atoms in total. The molecule has 1 N–H and O–H groups in total. The summed E-state index contributed by atoms with van der Waals surface area (Å²) in [5.41, 5.74) is -0.0422. The van der Waals surface area contributed by atoms with Gasteiger partial charge in [-0.3, -0.25) is 4.79 Å². The summed E-state index contributed by atoms with van der Waals surface area (Å²) in [6, 6.07) is 0. The number of rotatable bonds is 4. The van der Waals surface area contributed by atoms with E-state index >= 15 is 0 Å². The molecule has 0 spiro atoms. The van der Waals surface area contributed by atoms with Gasteiger partial charge in [-0.25, -0.2) is 0 Å². The smallest absolute Gasteiger partial charge is 0.307 e. The van der Waals surface area contributed by atoms with Crippen LogP contribution in [0.1, 0.15) is 46.0 Å². The van der Waals surface area contributed by atoms with Crippen LogP contribution in [0.15, 0.2) is 0 Å². The van der Waals surface area contributed by atoms with Gasteiger partial charge in [-0.15, -0.1) is 0 Å². The van der Waals surface area contributed by atoms with E-state index in [-0.39, 0.29) is 11.5 Å². The van der Waals surface area contributed by atoms with Crippen LogP contribution in [0.3, 0.4) is 0 Å². The second-order valence-electron chi connectivity index (χ2n) is 5.26. The molecule has 0 amide bonds. The van der Waals surface area contributed by atoms with Crippen molar-refractivity contribution in [2.45, 2.75) is 51.5 Å². The zero-order valence-electron chi connectivity index (χ0n) is 11.0. The fourth-order valence-corrected chi connectivity index (χ4v) is 3.19. The largest absolute Gasteiger partial charge is 0.469 e. The van der Waals surface area contributed by atoms with Gasteiger partial charge in [-0.05, 0) is 31.7 Å². The number of carbonyl (C=O) groups is 1. The van der Waals surface area contributed by atoms with E-state index < -0.39 is 0 Å². The van der Waals surface area contributed by atoms with Gasteiger partial charge in [0.25, 0.3) is 0 Å². The van der Waals surface area contributed by atoms with Crippen LogP contribution in [0.25, 0.3) is 0 Å². The molecule has 0 aromatic heterocycles. The Morgan fingerprint density at radius 3 is 2.69 bits per heavy atom. The van der Waals surface area contributed by atoms with E-state index in [9.17, 15) is 4.79 Å². The van der Waals surface area contributed by atoms with Crippen LogP contribution in [0, 0.1) is 11.8 Å². The molecular weight excluding hydrogens is 202 g/mol. The van der Waals surface area contributed by atoms with Crippen LogP contribution < -0.4 is 5.32 Å². The molecule has 0 saturated heterocycles. The van der Waals surface area contributed by atoms with E-state index in [1.165, 1.54) is 26.4 Å². The van der Waals surface area contributed by atoms with Crippen LogP contribution in [0.2, 0.25) is 0 Å². The molecule has 1 rings (SSSR count). The molecular formula is C13H25NO2. The maximum atomic E-state index is 11.6. The van der Waals surface area contributed by atoms with Crippen molar-refractivity contribution in [1.29, 1.82) is 0 Å². The average Bonchev–Trinajstić information content (AvgIpc) is 2.29. The van der Waals surface area contributed by atoms with Crippen molar-refractivity contribution in [1.82, 2.24) is 5.32 Å². The summed E-state index contributed by atoms with van der Waals surface area (Å²) in [7, 11) is 3.45. The second-order valence-corrected chi connectivity index (χ2v) is 5.26. The monoisotopic (exact) mass is 227 g/mol. The molecule has 0 aromatic rings. The van der Waals surface area contributed by atoms with Crippen LogP contribution in [0.4, 0.5) is 0 Å². The number of methoxy groups -OCH3 is 1. The van der Waals surface area contributed by atoms with Crippen molar-refractivity contribution in [3.05, 3.63) is 0 Å². The highest BCUT2D eigenvalue weighted by Gasteiger charge is 2.42. The summed E-state index contributed by atoms with van der Waals surface area (Å²) in [5.74, 6) is 1.09. The number of hydrogen-bond donors (Lipinski definition) is 1. The van der Waals surface area contributed by atoms with Crippen LogP contribution in [-0.2, 0) is 9.53 Å². The summed E-state index contributed by atoms with van der Waals surface area (Å²) in [5, 5.41) is 3.41. The fourth-order valence-electron chi connectivity index (χ4n) is 3.19. The van der Waals surface area contributed by atoms with Crippen molar-refractivity contribution in [3.8, 4) is 0 Å². The Kier molecular flexibility index (Phi) is 4.78. The summed E-state index contributed by atoms with van der Waals surface area (Å²) >= 11 is 0. The summed E-state index contributed by atoms with van der Waals surface area (Å²) in [6.07, 6.45) is 5.30. The predicted octanol–water partition coefficient (Wildman–Crippen LogP) is 2.35. The molecule has 0 aliphatic heterocycles. The first-order chi connectivity index (χ1) is 7.55. The van der Waals surface area contributed by atoms with E-state index in [4.69, 9.17) is 4.74 Å². The number of nitrogens with one attached hydrogen (secondary N) is 1. The van der Waals surface area contributed by atoms with Crippen molar-refractivity contribution < 1.29 is 9.53 Å². The Labute approximate surface area is 98.9 Å². The minimum absolute atomic E-state index is 0.0422. The topological polar surface area (TPSA) is 38.3 Å². The highest BCUT2D eigenvalue weighted by Crippen LogP contribution is 2.40. The second kappa shape index (κ2) is 5.67. The van der Waals surface area contributed by atoms with Crippen molar-refractivity contribution in [3.63, 3.8) is 0 Å². The molecule has 1 fully saturated rings. The number of hydrogen-bond acceptors (Lipinski definition) is 3. The maximum absolute atomic E-state index is 11.6. The summed E-state index contributed by atoms with van der Waals surface area (Å²) < 4.78 is 4.83. The highest BCUT2D eigenvalue weighted by atomic mass is 16.5. The lowest BCUT2D eigenvalue weighted by molar-refractivity contribution is -0.143. The van der Waals surface area contributed by atoms with Gasteiger partial charge in [0, 0.05) is 5.54 Å².